The Balaban J connectivity index is 2.36. The van der Waals surface area contributed by atoms with Crippen LogP contribution in [-0.4, -0.2) is 34.4 Å². The summed E-state index contributed by atoms with van der Waals surface area (Å²) in [5, 5.41) is 19.5. The van der Waals surface area contributed by atoms with Crippen molar-refractivity contribution in [2.45, 2.75) is 103 Å². The molecule has 0 aromatic carbocycles. The van der Waals surface area contributed by atoms with Crippen molar-refractivity contribution in [3.63, 3.8) is 0 Å². The van der Waals surface area contributed by atoms with Gasteiger partial charge in [0.25, 0.3) is 5.79 Å². The minimum Gasteiger partial charge on any atom is -0.462 e. The third-order valence-corrected chi connectivity index (χ3v) is 6.38. The summed E-state index contributed by atoms with van der Waals surface area (Å²) in [5.41, 5.74) is 0. The molecule has 178 valence electrons. The van der Waals surface area contributed by atoms with Gasteiger partial charge in [0.05, 0.1) is 6.61 Å². The summed E-state index contributed by atoms with van der Waals surface area (Å²) in [7, 11) is 0. The van der Waals surface area contributed by atoms with E-state index in [9.17, 15) is 19.8 Å². The zero-order chi connectivity index (χ0) is 23.1. The Morgan fingerprint density at radius 3 is 2.61 bits per heavy atom. The quantitative estimate of drug-likeness (QED) is 0.136. The molecule has 2 N–H and O–H groups in total. The van der Waals surface area contributed by atoms with Crippen molar-refractivity contribution in [1.29, 1.82) is 0 Å². The number of carbonyl (C=O) groups excluding carboxylic acids is 2. The first kappa shape index (κ1) is 27.6. The Labute approximate surface area is 189 Å². The van der Waals surface area contributed by atoms with Crippen LogP contribution in [0.5, 0.6) is 0 Å². The third-order valence-electron chi connectivity index (χ3n) is 6.38. The molecule has 1 fully saturated rings. The van der Waals surface area contributed by atoms with Crippen LogP contribution in [0.3, 0.4) is 0 Å². The van der Waals surface area contributed by atoms with Crippen molar-refractivity contribution in [1.82, 2.24) is 0 Å². The minimum absolute atomic E-state index is 0.0467. The van der Waals surface area contributed by atoms with E-state index in [1.54, 1.807) is 6.92 Å². The molecule has 1 rings (SSSR count). The molecule has 0 bridgehead atoms. The summed E-state index contributed by atoms with van der Waals surface area (Å²) >= 11 is 0. The van der Waals surface area contributed by atoms with Crippen LogP contribution in [0, 0.1) is 17.8 Å². The Morgan fingerprint density at radius 1 is 1.19 bits per heavy atom. The maximum atomic E-state index is 12.3. The molecule has 0 radical (unpaired) electrons. The maximum Gasteiger partial charge on any atom is 0.366 e. The third kappa shape index (κ3) is 10.6. The monoisotopic (exact) mass is 436 g/mol. The summed E-state index contributed by atoms with van der Waals surface area (Å²) in [4.78, 5) is 23.8. The van der Waals surface area contributed by atoms with Gasteiger partial charge in [0, 0.05) is 18.8 Å². The molecule has 0 amide bonds. The highest BCUT2D eigenvalue weighted by molar-refractivity contribution is 5.83. The van der Waals surface area contributed by atoms with Crippen LogP contribution < -0.4 is 0 Å². The largest absolute Gasteiger partial charge is 0.462 e. The lowest BCUT2D eigenvalue weighted by atomic mass is 9.88. The number of rotatable bonds is 17. The highest BCUT2D eigenvalue weighted by atomic mass is 16.6. The van der Waals surface area contributed by atoms with Crippen molar-refractivity contribution >= 4 is 11.8 Å². The smallest absolute Gasteiger partial charge is 0.366 e. The number of aliphatic hydroxyl groups is 2. The second-order valence-electron chi connectivity index (χ2n) is 8.92. The Morgan fingerprint density at radius 2 is 1.94 bits per heavy atom. The lowest BCUT2D eigenvalue weighted by Crippen LogP contribution is -2.39. The van der Waals surface area contributed by atoms with Gasteiger partial charge in [-0.1, -0.05) is 63.7 Å². The van der Waals surface area contributed by atoms with Crippen LogP contribution >= 0.6 is 0 Å². The zero-order valence-electron chi connectivity index (χ0n) is 19.7. The highest BCUT2D eigenvalue weighted by Crippen LogP contribution is 2.34. The van der Waals surface area contributed by atoms with Crippen LogP contribution in [0.1, 0.15) is 97.3 Å². The van der Waals surface area contributed by atoms with Gasteiger partial charge in [0.1, 0.15) is 5.78 Å². The molecule has 5 nitrogen and oxygen atoms in total. The fourth-order valence-electron chi connectivity index (χ4n) is 4.39. The molecule has 1 aliphatic carbocycles. The number of ether oxygens (including phenoxy) is 1. The number of Topliss-reactive ketones (excluding diaryl/α,β-unsaturated/α-hetero) is 1. The topological polar surface area (TPSA) is 83.8 Å². The summed E-state index contributed by atoms with van der Waals surface area (Å²) in [6.45, 7) is 7.95. The second-order valence-corrected chi connectivity index (χ2v) is 8.92. The Kier molecular flexibility index (Phi) is 13.7. The van der Waals surface area contributed by atoms with E-state index >= 15 is 0 Å². The van der Waals surface area contributed by atoms with Crippen LogP contribution in [0.2, 0.25) is 0 Å². The molecule has 0 spiro atoms. The van der Waals surface area contributed by atoms with E-state index in [1.807, 2.05) is 0 Å². The second kappa shape index (κ2) is 15.4. The van der Waals surface area contributed by atoms with Crippen molar-refractivity contribution < 1.29 is 24.5 Å². The molecule has 1 saturated carbocycles. The summed E-state index contributed by atoms with van der Waals surface area (Å²) in [6.07, 6.45) is 18.3. The van der Waals surface area contributed by atoms with E-state index in [1.165, 1.54) is 32.1 Å². The number of esters is 1. The van der Waals surface area contributed by atoms with Crippen molar-refractivity contribution in [2.75, 3.05) is 6.61 Å². The molecule has 0 aromatic heterocycles. The number of unbranched alkanes of at least 4 members (excludes halogenated alkanes) is 5. The van der Waals surface area contributed by atoms with Crippen molar-refractivity contribution in [3.8, 4) is 0 Å². The van der Waals surface area contributed by atoms with Gasteiger partial charge in [-0.25, -0.2) is 4.79 Å². The average Bonchev–Trinajstić information content (AvgIpc) is 3.09. The van der Waals surface area contributed by atoms with E-state index in [0.717, 1.165) is 32.1 Å². The van der Waals surface area contributed by atoms with Crippen LogP contribution in [0.4, 0.5) is 0 Å². The molecule has 0 aromatic rings. The average molecular weight is 437 g/mol. The Bertz CT molecular complexity index is 566. The lowest BCUT2D eigenvalue weighted by Gasteiger charge is -2.19. The predicted molar refractivity (Wildman–Crippen MR) is 124 cm³/mol. The standard InChI is InChI=1S/C26H44O5/c1-4-7-8-10-14-21(5-2)15-13-16-22-18-19-24(27)23(22)17-11-9-12-20-26(29,30)25(28)31-6-3/h5,13,16,21-23,29-30H,2,4,6-12,14-15,17-20H2,1,3H3/t21-,22+,23-/m1/s1. The first-order valence-corrected chi connectivity index (χ1v) is 12.3. The minimum atomic E-state index is -2.41. The van der Waals surface area contributed by atoms with E-state index in [4.69, 9.17) is 0 Å². The van der Waals surface area contributed by atoms with E-state index in [-0.39, 0.29) is 18.9 Å². The number of hydrogen-bond acceptors (Lipinski definition) is 5. The van der Waals surface area contributed by atoms with Crippen LogP contribution in [0.15, 0.2) is 24.8 Å². The van der Waals surface area contributed by atoms with Gasteiger partial charge < -0.3 is 14.9 Å². The number of carbonyl (C=O) groups is 2. The lowest BCUT2D eigenvalue weighted by molar-refractivity contribution is -0.211. The van der Waals surface area contributed by atoms with Gasteiger partial charge in [-0.05, 0) is 50.9 Å². The molecule has 0 aliphatic heterocycles. The summed E-state index contributed by atoms with van der Waals surface area (Å²) in [6, 6.07) is 0. The number of hydrogen-bond donors (Lipinski definition) is 2. The van der Waals surface area contributed by atoms with Gasteiger partial charge in [-0.2, -0.15) is 0 Å². The first-order chi connectivity index (χ1) is 14.9. The van der Waals surface area contributed by atoms with Gasteiger partial charge in [0.2, 0.25) is 0 Å². The molecular formula is C26H44O5. The van der Waals surface area contributed by atoms with E-state index < -0.39 is 11.8 Å². The molecular weight excluding hydrogens is 392 g/mol. The van der Waals surface area contributed by atoms with Gasteiger partial charge in [-0.15, -0.1) is 6.58 Å². The van der Waals surface area contributed by atoms with Crippen molar-refractivity contribution in [2.24, 2.45) is 17.8 Å². The van der Waals surface area contributed by atoms with Gasteiger partial charge in [-0.3, -0.25) is 4.79 Å². The fourth-order valence-corrected chi connectivity index (χ4v) is 4.39. The predicted octanol–water partition coefficient (Wildman–Crippen LogP) is 5.50. The summed E-state index contributed by atoms with van der Waals surface area (Å²) in [5.74, 6) is -2.16. The van der Waals surface area contributed by atoms with Crippen molar-refractivity contribution in [3.05, 3.63) is 24.8 Å². The van der Waals surface area contributed by atoms with Gasteiger partial charge in [0.15, 0.2) is 0 Å². The molecule has 1 aliphatic rings. The van der Waals surface area contributed by atoms with Gasteiger partial charge >= 0.3 is 5.97 Å². The number of allylic oxidation sites excluding steroid dienone is 3. The fraction of sp³-hybridized carbons (Fsp3) is 0.769. The molecule has 0 saturated heterocycles. The SMILES string of the molecule is C=C[C@@H](CC=C[C@H]1CCC(=O)[C@@H]1CCCCCC(O)(O)C(=O)OCC)CCCCCC. The molecule has 3 atom stereocenters. The zero-order valence-corrected chi connectivity index (χ0v) is 19.7. The maximum absolute atomic E-state index is 12.3. The molecule has 31 heavy (non-hydrogen) atoms. The van der Waals surface area contributed by atoms with E-state index in [0.29, 0.717) is 30.5 Å². The van der Waals surface area contributed by atoms with Crippen LogP contribution in [0.25, 0.3) is 0 Å². The molecule has 5 heteroatoms. The highest BCUT2D eigenvalue weighted by Gasteiger charge is 2.35. The molecule has 0 unspecified atom stereocenters. The Hall–Kier alpha value is -1.46. The first-order valence-electron chi connectivity index (χ1n) is 12.3. The molecule has 0 heterocycles. The summed E-state index contributed by atoms with van der Waals surface area (Å²) < 4.78 is 4.67. The van der Waals surface area contributed by atoms with E-state index in [2.05, 4.69) is 36.5 Å². The number of ketones is 1. The van der Waals surface area contributed by atoms with Crippen LogP contribution in [-0.2, 0) is 14.3 Å². The normalized spacial score (nSPS) is 20.3.